The van der Waals surface area contributed by atoms with E-state index in [9.17, 15) is 9.59 Å². The first-order valence-electron chi connectivity index (χ1n) is 13.3. The van der Waals surface area contributed by atoms with Crippen molar-refractivity contribution in [3.05, 3.63) is 39.8 Å². The number of aromatic nitrogens is 3. The van der Waals surface area contributed by atoms with Crippen LogP contribution >= 0.6 is 0 Å². The van der Waals surface area contributed by atoms with E-state index in [4.69, 9.17) is 9.47 Å². The number of fused-ring (bicyclic) bond motifs is 3. The largest absolute Gasteiger partial charge is 0.381 e. The smallest absolute Gasteiger partial charge is 0.259 e. The summed E-state index contributed by atoms with van der Waals surface area (Å²) in [6, 6.07) is 4.09. The highest BCUT2D eigenvalue weighted by atomic mass is 16.5. The number of aryl methyl sites for hydroxylation is 1. The number of benzene rings is 1. The first-order valence-corrected chi connectivity index (χ1v) is 13.3. The van der Waals surface area contributed by atoms with Gasteiger partial charge in [0.2, 0.25) is 0 Å². The van der Waals surface area contributed by atoms with Gasteiger partial charge in [0.15, 0.2) is 0 Å². The molecule has 0 unspecified atom stereocenters. The number of piperazine rings is 1. The molecule has 9 nitrogen and oxygen atoms in total. The first-order chi connectivity index (χ1) is 17.6. The number of ether oxygens (including phenoxy) is 2. The molecule has 0 spiro atoms. The van der Waals surface area contributed by atoms with Crippen LogP contribution in [0.15, 0.2) is 23.1 Å². The Morgan fingerprint density at radius 3 is 2.42 bits per heavy atom. The molecule has 3 aliphatic rings. The van der Waals surface area contributed by atoms with E-state index in [1.54, 1.807) is 6.20 Å². The second kappa shape index (κ2) is 9.95. The standard InChI is InChI=1S/C27H35N5O4/c1-18-14-24-22(25-23(26(33)29-24)16-28-32(25)20-4-12-36-13-5-20)15-21(18)27(34)31-8-6-30(7-9-31)17-19-2-10-35-11-3-19/h14-16,19-20H,2-13,17H2,1H3,(H,29,33). The lowest BCUT2D eigenvalue weighted by molar-refractivity contribution is 0.0393. The van der Waals surface area contributed by atoms with Gasteiger partial charge in [0, 0.05) is 70.1 Å². The molecule has 3 aromatic rings. The average molecular weight is 494 g/mol. The minimum absolute atomic E-state index is 0.0663. The number of aromatic amines is 1. The van der Waals surface area contributed by atoms with Gasteiger partial charge in [0.1, 0.15) is 0 Å². The van der Waals surface area contributed by atoms with Crippen molar-refractivity contribution < 1.29 is 14.3 Å². The summed E-state index contributed by atoms with van der Waals surface area (Å²) in [5, 5.41) is 6.05. The third-order valence-electron chi connectivity index (χ3n) is 8.19. The molecular formula is C27H35N5O4. The Balaban J connectivity index is 1.27. The van der Waals surface area contributed by atoms with Crippen LogP contribution in [0.2, 0.25) is 0 Å². The predicted molar refractivity (Wildman–Crippen MR) is 138 cm³/mol. The van der Waals surface area contributed by atoms with Gasteiger partial charge < -0.3 is 19.4 Å². The average Bonchev–Trinajstić information content (AvgIpc) is 3.36. The molecule has 5 heterocycles. The first kappa shape index (κ1) is 23.6. The monoisotopic (exact) mass is 493 g/mol. The molecule has 3 saturated heterocycles. The number of nitrogens with one attached hydrogen (secondary N) is 1. The van der Waals surface area contributed by atoms with Crippen LogP contribution in [0.5, 0.6) is 0 Å². The molecule has 0 saturated carbocycles. The van der Waals surface area contributed by atoms with Crippen LogP contribution in [0.3, 0.4) is 0 Å². The molecule has 3 aliphatic heterocycles. The lowest BCUT2D eigenvalue weighted by atomic mass is 9.99. The number of amides is 1. The maximum absolute atomic E-state index is 13.7. The molecule has 0 atom stereocenters. The van der Waals surface area contributed by atoms with Gasteiger partial charge in [-0.15, -0.1) is 0 Å². The van der Waals surface area contributed by atoms with Gasteiger partial charge in [-0.05, 0) is 56.2 Å². The predicted octanol–water partition coefficient (Wildman–Crippen LogP) is 2.72. The van der Waals surface area contributed by atoms with Gasteiger partial charge in [0.25, 0.3) is 11.5 Å². The number of hydrogen-bond acceptors (Lipinski definition) is 6. The summed E-state index contributed by atoms with van der Waals surface area (Å²) < 4.78 is 13.0. The maximum Gasteiger partial charge on any atom is 0.259 e. The Kier molecular flexibility index (Phi) is 6.54. The minimum Gasteiger partial charge on any atom is -0.381 e. The SMILES string of the molecule is Cc1cc2[nH]c(=O)c3cnn(C4CCOCC4)c3c2cc1C(=O)N1CCN(CC2CCOCC2)CC1. The van der Waals surface area contributed by atoms with Crippen molar-refractivity contribution in [1.82, 2.24) is 24.6 Å². The fourth-order valence-corrected chi connectivity index (χ4v) is 6.03. The van der Waals surface area contributed by atoms with Crippen LogP contribution in [-0.2, 0) is 9.47 Å². The molecule has 1 N–H and O–H groups in total. The summed E-state index contributed by atoms with van der Waals surface area (Å²) >= 11 is 0. The zero-order chi connectivity index (χ0) is 24.6. The van der Waals surface area contributed by atoms with Gasteiger partial charge >= 0.3 is 0 Å². The van der Waals surface area contributed by atoms with Gasteiger partial charge in [-0.3, -0.25) is 19.2 Å². The highest BCUT2D eigenvalue weighted by Gasteiger charge is 2.27. The number of hydrogen-bond donors (Lipinski definition) is 1. The molecule has 3 fully saturated rings. The Hall–Kier alpha value is -2.75. The van der Waals surface area contributed by atoms with E-state index in [2.05, 4.69) is 15.0 Å². The number of H-pyrrole nitrogens is 1. The third kappa shape index (κ3) is 4.44. The number of nitrogens with zero attached hydrogens (tertiary/aromatic N) is 4. The van der Waals surface area contributed by atoms with Crippen LogP contribution in [0.25, 0.3) is 21.8 Å². The fourth-order valence-electron chi connectivity index (χ4n) is 6.03. The van der Waals surface area contributed by atoms with Crippen molar-refractivity contribution in [2.45, 2.75) is 38.6 Å². The molecule has 0 radical (unpaired) electrons. The van der Waals surface area contributed by atoms with Crippen molar-refractivity contribution in [1.29, 1.82) is 0 Å². The maximum atomic E-state index is 13.7. The van der Waals surface area contributed by atoms with Crippen LogP contribution in [-0.4, -0.2) is 89.6 Å². The summed E-state index contributed by atoms with van der Waals surface area (Å²) in [7, 11) is 0. The second-order valence-electron chi connectivity index (χ2n) is 10.5. The lowest BCUT2D eigenvalue weighted by Gasteiger charge is -2.37. The molecule has 0 bridgehead atoms. The van der Waals surface area contributed by atoms with E-state index < -0.39 is 0 Å². The number of pyridine rings is 1. The summed E-state index contributed by atoms with van der Waals surface area (Å²) in [6.45, 7) is 9.46. The number of carbonyl (C=O) groups excluding carboxylic acids is 1. The fraction of sp³-hybridized carbons (Fsp3) is 0.593. The topological polar surface area (TPSA) is 92.7 Å². The van der Waals surface area contributed by atoms with Crippen LogP contribution in [0.4, 0.5) is 0 Å². The van der Waals surface area contributed by atoms with Crippen LogP contribution in [0, 0.1) is 12.8 Å². The Bertz CT molecular complexity index is 1310. The van der Waals surface area contributed by atoms with Crippen molar-refractivity contribution in [2.24, 2.45) is 5.92 Å². The highest BCUT2D eigenvalue weighted by Crippen LogP contribution is 2.30. The van der Waals surface area contributed by atoms with E-state index in [0.29, 0.717) is 30.1 Å². The Morgan fingerprint density at radius 2 is 1.69 bits per heavy atom. The molecule has 6 rings (SSSR count). The van der Waals surface area contributed by atoms with Crippen LogP contribution < -0.4 is 5.56 Å². The normalized spacial score (nSPS) is 21.0. The third-order valence-corrected chi connectivity index (χ3v) is 8.19. The van der Waals surface area contributed by atoms with E-state index in [1.165, 1.54) is 0 Å². The zero-order valence-corrected chi connectivity index (χ0v) is 21.0. The Labute approximate surface area is 210 Å². The molecule has 36 heavy (non-hydrogen) atoms. The van der Waals surface area contributed by atoms with Crippen molar-refractivity contribution in [3.8, 4) is 0 Å². The summed E-state index contributed by atoms with van der Waals surface area (Å²) in [6.07, 6.45) is 5.65. The highest BCUT2D eigenvalue weighted by molar-refractivity contribution is 6.07. The lowest BCUT2D eigenvalue weighted by Crippen LogP contribution is -2.50. The second-order valence-corrected chi connectivity index (χ2v) is 10.5. The molecule has 1 amide bonds. The van der Waals surface area contributed by atoms with Gasteiger partial charge in [-0.25, -0.2) is 0 Å². The van der Waals surface area contributed by atoms with E-state index in [-0.39, 0.29) is 17.5 Å². The quantitative estimate of drug-likeness (QED) is 0.601. The summed E-state index contributed by atoms with van der Waals surface area (Å²) in [4.78, 5) is 34.0. The number of rotatable bonds is 4. The number of carbonyl (C=O) groups is 1. The van der Waals surface area contributed by atoms with Gasteiger partial charge in [-0.1, -0.05) is 0 Å². The molecule has 1 aromatic carbocycles. The summed E-state index contributed by atoms with van der Waals surface area (Å²) in [5.41, 5.74) is 3.00. The van der Waals surface area contributed by atoms with Crippen LogP contribution in [0.1, 0.15) is 47.6 Å². The molecule has 9 heteroatoms. The van der Waals surface area contributed by atoms with Crippen molar-refractivity contribution >= 4 is 27.7 Å². The molecular weight excluding hydrogens is 458 g/mol. The minimum atomic E-state index is -0.144. The van der Waals surface area contributed by atoms with Gasteiger partial charge in [0.05, 0.1) is 28.7 Å². The van der Waals surface area contributed by atoms with E-state index in [1.807, 2.05) is 28.6 Å². The summed E-state index contributed by atoms with van der Waals surface area (Å²) in [5.74, 6) is 0.769. The Morgan fingerprint density at radius 1 is 1.00 bits per heavy atom. The van der Waals surface area contributed by atoms with Gasteiger partial charge in [-0.2, -0.15) is 5.10 Å². The molecule has 192 valence electrons. The molecule has 2 aromatic heterocycles. The molecule has 0 aliphatic carbocycles. The van der Waals surface area contributed by atoms with Crippen molar-refractivity contribution in [3.63, 3.8) is 0 Å². The van der Waals surface area contributed by atoms with E-state index in [0.717, 1.165) is 93.6 Å². The zero-order valence-electron chi connectivity index (χ0n) is 21.0. The van der Waals surface area contributed by atoms with Crippen molar-refractivity contribution in [2.75, 3.05) is 59.2 Å². The van der Waals surface area contributed by atoms with E-state index >= 15 is 0 Å².